The van der Waals surface area contributed by atoms with E-state index in [1.54, 1.807) is 25.1 Å². The number of carboxylic acids is 1. The number of amides is 1. The van der Waals surface area contributed by atoms with Crippen molar-refractivity contribution in [3.8, 4) is 5.75 Å². The zero-order valence-electron chi connectivity index (χ0n) is 13.5. The van der Waals surface area contributed by atoms with Gasteiger partial charge in [-0.2, -0.15) is 0 Å². The molecule has 0 bridgehead atoms. The van der Waals surface area contributed by atoms with Crippen LogP contribution in [0.15, 0.2) is 36.4 Å². The fourth-order valence-corrected chi connectivity index (χ4v) is 2.63. The lowest BCUT2D eigenvalue weighted by Crippen LogP contribution is -2.37. The van der Waals surface area contributed by atoms with E-state index in [9.17, 15) is 9.59 Å². The zero-order chi connectivity index (χ0) is 19.3. The van der Waals surface area contributed by atoms with Crippen LogP contribution < -0.4 is 15.4 Å². The molecule has 0 saturated heterocycles. The van der Waals surface area contributed by atoms with Crippen molar-refractivity contribution in [2.75, 3.05) is 11.9 Å². The molecule has 136 valence electrons. The number of carboxylic acid groups (broad SMARTS) is 1. The van der Waals surface area contributed by atoms with Gasteiger partial charge in [0.1, 0.15) is 5.75 Å². The third-order valence-corrected chi connectivity index (χ3v) is 3.97. The van der Waals surface area contributed by atoms with Crippen molar-refractivity contribution < 1.29 is 19.4 Å². The van der Waals surface area contributed by atoms with Gasteiger partial charge in [0.15, 0.2) is 11.7 Å². The maximum absolute atomic E-state index is 11.9. The first-order valence-corrected chi connectivity index (χ1v) is 8.45. The standard InChI is InChI=1S/C17H14Cl2N2O4S/c1-9-2-3-10(16(23)24)6-13(9)20-17(26)21-15(22)8-25-14-5-4-11(18)7-12(14)19/h2-7H,8H2,1H3,(H,23,24)(H2,20,21,22,26). The predicted octanol–water partition coefficient (Wildman–Crippen LogP) is 3.89. The Labute approximate surface area is 165 Å². The van der Waals surface area contributed by atoms with Gasteiger partial charge in [-0.15, -0.1) is 0 Å². The summed E-state index contributed by atoms with van der Waals surface area (Å²) in [6.45, 7) is 1.47. The van der Waals surface area contributed by atoms with Crippen LogP contribution in [0.5, 0.6) is 5.75 Å². The number of aromatic carboxylic acids is 1. The first-order valence-electron chi connectivity index (χ1n) is 7.29. The van der Waals surface area contributed by atoms with Crippen molar-refractivity contribution in [1.82, 2.24) is 5.32 Å². The highest BCUT2D eigenvalue weighted by Gasteiger charge is 2.11. The molecule has 2 aromatic rings. The lowest BCUT2D eigenvalue weighted by Gasteiger charge is -2.13. The molecule has 9 heteroatoms. The average Bonchev–Trinajstić information content (AvgIpc) is 2.55. The van der Waals surface area contributed by atoms with Gasteiger partial charge in [-0.3, -0.25) is 10.1 Å². The summed E-state index contributed by atoms with van der Waals surface area (Å²) in [5, 5.41) is 15.0. The molecule has 2 aromatic carbocycles. The Balaban J connectivity index is 1.92. The molecule has 0 spiro atoms. The van der Waals surface area contributed by atoms with E-state index >= 15 is 0 Å². The minimum Gasteiger partial charge on any atom is -0.482 e. The predicted molar refractivity (Wildman–Crippen MR) is 104 cm³/mol. The van der Waals surface area contributed by atoms with Gasteiger partial charge in [0, 0.05) is 10.7 Å². The smallest absolute Gasteiger partial charge is 0.335 e. The molecule has 26 heavy (non-hydrogen) atoms. The number of hydrogen-bond acceptors (Lipinski definition) is 4. The quantitative estimate of drug-likeness (QED) is 0.645. The number of halogens is 2. The molecular weight excluding hydrogens is 399 g/mol. The molecule has 0 unspecified atom stereocenters. The van der Waals surface area contributed by atoms with Crippen LogP contribution in [-0.4, -0.2) is 28.7 Å². The Hall–Kier alpha value is -2.35. The molecule has 6 nitrogen and oxygen atoms in total. The van der Waals surface area contributed by atoms with E-state index in [0.29, 0.717) is 16.5 Å². The molecule has 0 atom stereocenters. The van der Waals surface area contributed by atoms with Crippen molar-refractivity contribution in [2.45, 2.75) is 6.92 Å². The van der Waals surface area contributed by atoms with Gasteiger partial charge in [-0.25, -0.2) is 4.79 Å². The molecule has 0 aliphatic heterocycles. The van der Waals surface area contributed by atoms with Crippen LogP contribution >= 0.6 is 35.4 Å². The molecule has 1 amide bonds. The minimum absolute atomic E-state index is 0.0199. The minimum atomic E-state index is -1.06. The second kappa shape index (κ2) is 8.84. The third kappa shape index (κ3) is 5.59. The molecule has 0 aromatic heterocycles. The lowest BCUT2D eigenvalue weighted by atomic mass is 10.1. The van der Waals surface area contributed by atoms with Crippen molar-refractivity contribution in [2.24, 2.45) is 0 Å². The maximum atomic E-state index is 11.9. The number of ether oxygens (including phenoxy) is 1. The van der Waals surface area contributed by atoms with E-state index in [1.165, 1.54) is 18.2 Å². The van der Waals surface area contributed by atoms with E-state index in [4.69, 9.17) is 45.3 Å². The highest BCUT2D eigenvalue weighted by Crippen LogP contribution is 2.27. The van der Waals surface area contributed by atoms with Gasteiger partial charge in [0.25, 0.3) is 5.91 Å². The first kappa shape index (κ1) is 20.0. The molecular formula is C17H14Cl2N2O4S. The number of carbonyl (C=O) groups is 2. The van der Waals surface area contributed by atoms with Crippen molar-refractivity contribution in [3.63, 3.8) is 0 Å². The Morgan fingerprint density at radius 1 is 1.19 bits per heavy atom. The molecule has 0 aliphatic rings. The number of anilines is 1. The van der Waals surface area contributed by atoms with Crippen LogP contribution in [0.1, 0.15) is 15.9 Å². The molecule has 0 radical (unpaired) electrons. The van der Waals surface area contributed by atoms with Crippen LogP contribution in [0.2, 0.25) is 10.0 Å². The van der Waals surface area contributed by atoms with Crippen LogP contribution in [0.4, 0.5) is 5.69 Å². The van der Waals surface area contributed by atoms with E-state index in [1.807, 2.05) is 0 Å². The van der Waals surface area contributed by atoms with Gasteiger partial charge in [-0.1, -0.05) is 29.3 Å². The van der Waals surface area contributed by atoms with Crippen LogP contribution in [0, 0.1) is 6.92 Å². The molecule has 0 fully saturated rings. The summed E-state index contributed by atoms with van der Waals surface area (Å²) in [6.07, 6.45) is 0. The highest BCUT2D eigenvalue weighted by molar-refractivity contribution is 7.80. The zero-order valence-corrected chi connectivity index (χ0v) is 15.8. The topological polar surface area (TPSA) is 87.7 Å². The fraction of sp³-hybridized carbons (Fsp3) is 0.118. The lowest BCUT2D eigenvalue weighted by molar-refractivity contribution is -0.121. The van der Waals surface area contributed by atoms with Gasteiger partial charge < -0.3 is 15.2 Å². The Bertz CT molecular complexity index is 874. The Morgan fingerprint density at radius 3 is 2.58 bits per heavy atom. The van der Waals surface area contributed by atoms with E-state index in [2.05, 4.69) is 10.6 Å². The number of carbonyl (C=O) groups excluding carboxylic acids is 1. The molecule has 0 saturated carbocycles. The van der Waals surface area contributed by atoms with Gasteiger partial charge in [0.05, 0.1) is 10.6 Å². The summed E-state index contributed by atoms with van der Waals surface area (Å²) in [7, 11) is 0. The number of nitrogens with one attached hydrogen (secondary N) is 2. The van der Waals surface area contributed by atoms with E-state index in [0.717, 1.165) is 5.56 Å². The second-order valence-electron chi connectivity index (χ2n) is 5.20. The average molecular weight is 413 g/mol. The van der Waals surface area contributed by atoms with Crippen LogP contribution in [-0.2, 0) is 4.79 Å². The number of aryl methyl sites for hydroxylation is 1. The number of thiocarbonyl (C=S) groups is 1. The van der Waals surface area contributed by atoms with Crippen LogP contribution in [0.25, 0.3) is 0 Å². The summed E-state index contributed by atoms with van der Waals surface area (Å²) in [6, 6.07) is 9.19. The van der Waals surface area contributed by atoms with Gasteiger partial charge >= 0.3 is 5.97 Å². The summed E-state index contributed by atoms with van der Waals surface area (Å²) < 4.78 is 5.31. The Morgan fingerprint density at radius 2 is 1.92 bits per heavy atom. The highest BCUT2D eigenvalue weighted by atomic mass is 35.5. The van der Waals surface area contributed by atoms with Crippen LogP contribution in [0.3, 0.4) is 0 Å². The second-order valence-corrected chi connectivity index (χ2v) is 6.45. The van der Waals surface area contributed by atoms with Gasteiger partial charge in [0.2, 0.25) is 0 Å². The first-order chi connectivity index (χ1) is 12.3. The molecule has 2 rings (SSSR count). The summed E-state index contributed by atoms with van der Waals surface area (Å²) in [4.78, 5) is 23.0. The SMILES string of the molecule is Cc1ccc(C(=O)O)cc1NC(=S)NC(=O)COc1ccc(Cl)cc1Cl. The normalized spacial score (nSPS) is 10.1. The largest absolute Gasteiger partial charge is 0.482 e. The fourth-order valence-electron chi connectivity index (χ4n) is 1.94. The maximum Gasteiger partial charge on any atom is 0.335 e. The molecule has 0 heterocycles. The molecule has 0 aliphatic carbocycles. The van der Waals surface area contributed by atoms with Crippen molar-refractivity contribution >= 4 is 58.1 Å². The number of rotatable bonds is 5. The van der Waals surface area contributed by atoms with E-state index in [-0.39, 0.29) is 22.3 Å². The van der Waals surface area contributed by atoms with E-state index < -0.39 is 11.9 Å². The Kier molecular flexibility index (Phi) is 6.79. The number of hydrogen-bond donors (Lipinski definition) is 3. The van der Waals surface area contributed by atoms with Gasteiger partial charge in [-0.05, 0) is 55.0 Å². The third-order valence-electron chi connectivity index (χ3n) is 3.24. The number of benzene rings is 2. The van der Waals surface area contributed by atoms with Crippen molar-refractivity contribution in [3.05, 3.63) is 57.6 Å². The van der Waals surface area contributed by atoms with Crippen molar-refractivity contribution in [1.29, 1.82) is 0 Å². The summed E-state index contributed by atoms with van der Waals surface area (Å²) in [5.74, 6) is -1.24. The summed E-state index contributed by atoms with van der Waals surface area (Å²) >= 11 is 16.8. The summed E-state index contributed by atoms with van der Waals surface area (Å²) in [5.41, 5.74) is 1.36. The molecule has 3 N–H and O–H groups in total. The monoisotopic (exact) mass is 412 g/mol.